The fraction of sp³-hybridized carbons (Fsp3) is 0.773. The third-order valence-corrected chi connectivity index (χ3v) is 7.31. The summed E-state index contributed by atoms with van der Waals surface area (Å²) < 4.78 is 5.47. The van der Waals surface area contributed by atoms with Gasteiger partial charge in [-0.3, -0.25) is 9.59 Å². The summed E-state index contributed by atoms with van der Waals surface area (Å²) in [6.07, 6.45) is 8.72. The van der Waals surface area contributed by atoms with Gasteiger partial charge in [0.2, 0.25) is 5.91 Å². The molecule has 2 atom stereocenters. The van der Waals surface area contributed by atoms with Gasteiger partial charge in [0.25, 0.3) is 5.91 Å². The summed E-state index contributed by atoms with van der Waals surface area (Å²) in [5.41, 5.74) is 0.302. The van der Waals surface area contributed by atoms with Crippen molar-refractivity contribution in [3.05, 3.63) is 17.8 Å². The molecule has 1 aliphatic heterocycles. The molecule has 1 saturated heterocycles. The van der Waals surface area contributed by atoms with Gasteiger partial charge in [-0.15, -0.1) is 0 Å². The smallest absolute Gasteiger partial charge is 0.273 e. The van der Waals surface area contributed by atoms with Crippen LogP contribution >= 0.6 is 0 Å². The minimum Gasteiger partial charge on any atom is -0.448 e. The number of oxazole rings is 1. The molecule has 4 rings (SSSR count). The lowest BCUT2D eigenvalue weighted by atomic mass is 9.85. The number of nitrogens with one attached hydrogen (secondary N) is 1. The van der Waals surface area contributed by atoms with E-state index in [0.29, 0.717) is 29.3 Å². The maximum absolute atomic E-state index is 12.7. The lowest BCUT2D eigenvalue weighted by Gasteiger charge is -2.38. The lowest BCUT2D eigenvalue weighted by molar-refractivity contribution is -0.138. The van der Waals surface area contributed by atoms with Crippen LogP contribution in [0.1, 0.15) is 88.0 Å². The molecule has 0 aromatic carbocycles. The number of hydrogen-bond acceptors (Lipinski definition) is 4. The summed E-state index contributed by atoms with van der Waals surface area (Å²) >= 11 is 0. The molecule has 6 heteroatoms. The third kappa shape index (κ3) is 3.83. The van der Waals surface area contributed by atoms with Crippen molar-refractivity contribution in [1.82, 2.24) is 15.2 Å². The molecular formula is C22H33N3O3. The van der Waals surface area contributed by atoms with Gasteiger partial charge in [0.05, 0.1) is 0 Å². The SMILES string of the molecule is CCC(C)C(C)C(=O)N1CCC(C2(NC(=O)c3coc(C4CC4)n3)CC2)CC1. The van der Waals surface area contributed by atoms with Crippen molar-refractivity contribution in [3.63, 3.8) is 0 Å². The Bertz CT molecular complexity index is 727. The van der Waals surface area contributed by atoms with Crippen molar-refractivity contribution in [2.24, 2.45) is 17.8 Å². The molecule has 2 aliphatic carbocycles. The van der Waals surface area contributed by atoms with Crippen LogP contribution in [-0.2, 0) is 4.79 Å². The van der Waals surface area contributed by atoms with E-state index in [9.17, 15) is 9.59 Å². The number of carbonyl (C=O) groups excluding carboxylic acids is 2. The van der Waals surface area contributed by atoms with Crippen molar-refractivity contribution in [1.29, 1.82) is 0 Å². The van der Waals surface area contributed by atoms with E-state index in [2.05, 4.69) is 31.1 Å². The molecule has 0 spiro atoms. The van der Waals surface area contributed by atoms with Crippen LogP contribution in [0.5, 0.6) is 0 Å². The van der Waals surface area contributed by atoms with Crippen LogP contribution in [0.4, 0.5) is 0 Å². The number of carbonyl (C=O) groups is 2. The second-order valence-corrected chi connectivity index (χ2v) is 9.23. The average Bonchev–Trinajstić information content (AvgIpc) is 3.66. The maximum atomic E-state index is 12.7. The second kappa shape index (κ2) is 7.53. The zero-order valence-electron chi connectivity index (χ0n) is 17.4. The molecule has 0 bridgehead atoms. The summed E-state index contributed by atoms with van der Waals surface area (Å²) in [4.78, 5) is 31.8. The predicted octanol–water partition coefficient (Wildman–Crippen LogP) is 3.74. The van der Waals surface area contributed by atoms with Crippen molar-refractivity contribution in [3.8, 4) is 0 Å². The molecule has 28 heavy (non-hydrogen) atoms. The van der Waals surface area contributed by atoms with E-state index in [1.54, 1.807) is 0 Å². The summed E-state index contributed by atoms with van der Waals surface area (Å²) in [5.74, 6) is 2.24. The normalized spacial score (nSPS) is 23.9. The molecule has 2 saturated carbocycles. The van der Waals surface area contributed by atoms with Gasteiger partial charge in [0.15, 0.2) is 11.6 Å². The van der Waals surface area contributed by atoms with Crippen molar-refractivity contribution < 1.29 is 14.0 Å². The van der Waals surface area contributed by atoms with Crippen molar-refractivity contribution in [2.45, 2.75) is 77.2 Å². The Balaban J connectivity index is 1.31. The number of likely N-dealkylation sites (tertiary alicyclic amines) is 1. The Morgan fingerprint density at radius 3 is 2.50 bits per heavy atom. The Hall–Kier alpha value is -1.85. The van der Waals surface area contributed by atoms with Crippen LogP contribution in [0.15, 0.2) is 10.7 Å². The zero-order valence-corrected chi connectivity index (χ0v) is 17.4. The van der Waals surface area contributed by atoms with Crippen LogP contribution in [0, 0.1) is 17.8 Å². The summed E-state index contributed by atoms with van der Waals surface area (Å²) in [6.45, 7) is 7.96. The second-order valence-electron chi connectivity index (χ2n) is 9.23. The predicted molar refractivity (Wildman–Crippen MR) is 106 cm³/mol. The van der Waals surface area contributed by atoms with Crippen molar-refractivity contribution in [2.75, 3.05) is 13.1 Å². The van der Waals surface area contributed by atoms with Gasteiger partial charge in [-0.1, -0.05) is 27.2 Å². The molecule has 2 heterocycles. The van der Waals surface area contributed by atoms with E-state index >= 15 is 0 Å². The molecule has 1 N–H and O–H groups in total. The van der Waals surface area contributed by atoms with Gasteiger partial charge >= 0.3 is 0 Å². The standard InChI is InChI=1S/C22H33N3O3/c1-4-14(2)15(3)21(27)25-11-7-17(8-12-25)22(9-10-22)24-19(26)18-13-28-20(23-18)16-5-6-16/h13-17H,4-12H2,1-3H3,(H,24,26). The molecule has 1 aromatic rings. The maximum Gasteiger partial charge on any atom is 0.273 e. The highest BCUT2D eigenvalue weighted by atomic mass is 16.3. The first-order valence-electron chi connectivity index (χ1n) is 11.0. The van der Waals surface area contributed by atoms with E-state index in [4.69, 9.17) is 4.42 Å². The average molecular weight is 388 g/mol. The molecule has 2 unspecified atom stereocenters. The Morgan fingerprint density at radius 1 is 1.25 bits per heavy atom. The lowest BCUT2D eigenvalue weighted by Crippen LogP contribution is -2.49. The number of amides is 2. The molecule has 6 nitrogen and oxygen atoms in total. The highest BCUT2D eigenvalue weighted by Gasteiger charge is 2.51. The van der Waals surface area contributed by atoms with Crippen LogP contribution in [0.25, 0.3) is 0 Å². The fourth-order valence-corrected chi connectivity index (χ4v) is 4.51. The van der Waals surface area contributed by atoms with Gasteiger partial charge in [0.1, 0.15) is 6.26 Å². The quantitative estimate of drug-likeness (QED) is 0.773. The molecular weight excluding hydrogens is 354 g/mol. The number of hydrogen-bond donors (Lipinski definition) is 1. The Labute approximate surface area is 167 Å². The number of piperidine rings is 1. The first-order chi connectivity index (χ1) is 13.4. The molecule has 0 radical (unpaired) electrons. The van der Waals surface area contributed by atoms with E-state index in [1.807, 2.05) is 4.90 Å². The highest BCUT2D eigenvalue weighted by Crippen LogP contribution is 2.47. The fourth-order valence-electron chi connectivity index (χ4n) is 4.51. The van der Waals surface area contributed by atoms with E-state index in [0.717, 1.165) is 58.0 Å². The van der Waals surface area contributed by atoms with Crippen LogP contribution < -0.4 is 5.32 Å². The van der Waals surface area contributed by atoms with Crippen LogP contribution in [-0.4, -0.2) is 40.3 Å². The minimum absolute atomic E-state index is 0.0870. The molecule has 154 valence electrons. The first-order valence-corrected chi connectivity index (χ1v) is 11.0. The molecule has 2 amide bonds. The number of nitrogens with zero attached hydrogens (tertiary/aromatic N) is 2. The van der Waals surface area contributed by atoms with E-state index < -0.39 is 0 Å². The Kier molecular flexibility index (Phi) is 5.23. The number of aromatic nitrogens is 1. The van der Waals surface area contributed by atoms with E-state index in [1.165, 1.54) is 6.26 Å². The van der Waals surface area contributed by atoms with Gasteiger partial charge in [-0.2, -0.15) is 0 Å². The topological polar surface area (TPSA) is 75.4 Å². The van der Waals surface area contributed by atoms with Gasteiger partial charge in [-0.25, -0.2) is 4.98 Å². The zero-order chi connectivity index (χ0) is 19.9. The Morgan fingerprint density at radius 2 is 1.93 bits per heavy atom. The summed E-state index contributed by atoms with van der Waals surface area (Å²) in [5, 5.41) is 3.26. The number of rotatable bonds is 7. The van der Waals surface area contributed by atoms with E-state index in [-0.39, 0.29) is 23.3 Å². The van der Waals surface area contributed by atoms with Crippen LogP contribution in [0.3, 0.4) is 0 Å². The van der Waals surface area contributed by atoms with Crippen molar-refractivity contribution >= 4 is 11.8 Å². The minimum atomic E-state index is -0.114. The largest absolute Gasteiger partial charge is 0.448 e. The van der Waals surface area contributed by atoms with Crippen LogP contribution in [0.2, 0.25) is 0 Å². The van der Waals surface area contributed by atoms with Gasteiger partial charge in [-0.05, 0) is 50.4 Å². The molecule has 1 aromatic heterocycles. The summed E-state index contributed by atoms with van der Waals surface area (Å²) in [7, 11) is 0. The molecule has 3 aliphatic rings. The molecule has 3 fully saturated rings. The van der Waals surface area contributed by atoms with Gasteiger partial charge in [0, 0.05) is 30.5 Å². The highest BCUT2D eigenvalue weighted by molar-refractivity contribution is 5.92. The summed E-state index contributed by atoms with van der Waals surface area (Å²) in [6, 6.07) is 0. The monoisotopic (exact) mass is 387 g/mol. The first kappa shape index (κ1) is 19.5. The third-order valence-electron chi connectivity index (χ3n) is 7.31. The van der Waals surface area contributed by atoms with Gasteiger partial charge < -0.3 is 14.6 Å².